The fourth-order valence-corrected chi connectivity index (χ4v) is 1.93. The molecule has 0 saturated heterocycles. The lowest BCUT2D eigenvalue weighted by atomic mass is 10.1. The maximum absolute atomic E-state index is 5.91. The molecule has 0 bridgehead atoms. The normalized spacial score (nSPS) is 10.8. The lowest BCUT2D eigenvalue weighted by Crippen LogP contribution is -1.83. The largest absolute Gasteiger partial charge is 0.472 e. The molecule has 0 fully saturated rings. The predicted molar refractivity (Wildman–Crippen MR) is 67.2 cm³/mol. The van der Waals surface area contributed by atoms with Gasteiger partial charge < -0.3 is 8.83 Å². The van der Waals surface area contributed by atoms with Gasteiger partial charge in [-0.25, -0.2) is 0 Å². The monoisotopic (exact) mass is 260 g/mol. The van der Waals surface area contributed by atoms with Gasteiger partial charge in [0.1, 0.15) is 6.26 Å². The summed E-state index contributed by atoms with van der Waals surface area (Å²) < 4.78 is 10.6. The molecule has 0 saturated carbocycles. The van der Waals surface area contributed by atoms with Gasteiger partial charge >= 0.3 is 0 Å². The SMILES string of the molecule is Cc1cc(Cl)ccc1-c1nnc(-c2ccoc2)o1. The van der Waals surface area contributed by atoms with Crippen LogP contribution in [0, 0.1) is 6.92 Å². The second-order valence-electron chi connectivity index (χ2n) is 3.88. The Hall–Kier alpha value is -2.07. The first-order chi connectivity index (χ1) is 8.74. The molecule has 4 nitrogen and oxygen atoms in total. The van der Waals surface area contributed by atoms with E-state index in [9.17, 15) is 0 Å². The summed E-state index contributed by atoms with van der Waals surface area (Å²) in [5, 5.41) is 8.71. The van der Waals surface area contributed by atoms with Gasteiger partial charge in [0.15, 0.2) is 0 Å². The van der Waals surface area contributed by atoms with E-state index >= 15 is 0 Å². The highest BCUT2D eigenvalue weighted by atomic mass is 35.5. The molecule has 3 rings (SSSR count). The van der Waals surface area contributed by atoms with Crippen LogP contribution in [0.15, 0.2) is 45.6 Å². The molecule has 2 heterocycles. The lowest BCUT2D eigenvalue weighted by Gasteiger charge is -2.00. The van der Waals surface area contributed by atoms with E-state index in [2.05, 4.69) is 10.2 Å². The van der Waals surface area contributed by atoms with Crippen LogP contribution in [-0.2, 0) is 0 Å². The molecule has 2 aromatic heterocycles. The van der Waals surface area contributed by atoms with E-state index in [0.717, 1.165) is 16.7 Å². The number of hydrogen-bond donors (Lipinski definition) is 0. The summed E-state index contributed by atoms with van der Waals surface area (Å²) in [6.45, 7) is 1.95. The number of nitrogens with zero attached hydrogens (tertiary/aromatic N) is 2. The van der Waals surface area contributed by atoms with E-state index in [1.54, 1.807) is 24.7 Å². The fraction of sp³-hybridized carbons (Fsp3) is 0.0769. The van der Waals surface area contributed by atoms with Gasteiger partial charge in [0.25, 0.3) is 5.89 Å². The summed E-state index contributed by atoms with van der Waals surface area (Å²) in [7, 11) is 0. The summed E-state index contributed by atoms with van der Waals surface area (Å²) in [4.78, 5) is 0. The van der Waals surface area contributed by atoms with Crippen LogP contribution in [0.2, 0.25) is 5.02 Å². The molecule has 0 unspecified atom stereocenters. The fourth-order valence-electron chi connectivity index (χ4n) is 1.70. The van der Waals surface area contributed by atoms with Crippen LogP contribution in [0.4, 0.5) is 0 Å². The zero-order chi connectivity index (χ0) is 12.5. The van der Waals surface area contributed by atoms with Crippen LogP contribution >= 0.6 is 11.6 Å². The molecule has 5 heteroatoms. The van der Waals surface area contributed by atoms with Crippen LogP contribution < -0.4 is 0 Å². The van der Waals surface area contributed by atoms with Gasteiger partial charge in [0.2, 0.25) is 5.89 Å². The van der Waals surface area contributed by atoms with Crippen molar-refractivity contribution in [2.75, 3.05) is 0 Å². The van der Waals surface area contributed by atoms with Gasteiger partial charge in [-0.2, -0.15) is 0 Å². The van der Waals surface area contributed by atoms with Gasteiger partial charge in [-0.1, -0.05) is 11.6 Å². The minimum atomic E-state index is 0.438. The second-order valence-corrected chi connectivity index (χ2v) is 4.32. The number of halogens is 1. The minimum absolute atomic E-state index is 0.438. The van der Waals surface area contributed by atoms with Gasteiger partial charge in [0.05, 0.1) is 11.8 Å². The highest BCUT2D eigenvalue weighted by molar-refractivity contribution is 6.30. The molecule has 0 amide bonds. The topological polar surface area (TPSA) is 52.1 Å². The first-order valence-corrected chi connectivity index (χ1v) is 5.74. The Morgan fingerprint density at radius 1 is 1.11 bits per heavy atom. The number of rotatable bonds is 2. The van der Waals surface area contributed by atoms with Crippen LogP contribution in [0.1, 0.15) is 5.56 Å². The third-order valence-corrected chi connectivity index (χ3v) is 2.85. The Bertz CT molecular complexity index is 674. The van der Waals surface area contributed by atoms with Crippen molar-refractivity contribution in [3.63, 3.8) is 0 Å². The predicted octanol–water partition coefficient (Wildman–Crippen LogP) is 3.96. The van der Waals surface area contributed by atoms with Gasteiger partial charge in [-0.3, -0.25) is 0 Å². The molecule has 0 radical (unpaired) electrons. The number of aryl methyl sites for hydroxylation is 1. The van der Waals surface area contributed by atoms with Crippen LogP contribution in [0.5, 0.6) is 0 Å². The molecule has 18 heavy (non-hydrogen) atoms. The van der Waals surface area contributed by atoms with Crippen molar-refractivity contribution in [1.82, 2.24) is 10.2 Å². The molecule has 0 aliphatic heterocycles. The van der Waals surface area contributed by atoms with Crippen molar-refractivity contribution in [2.24, 2.45) is 0 Å². The third kappa shape index (κ3) is 1.91. The average molecular weight is 261 g/mol. The zero-order valence-electron chi connectivity index (χ0n) is 9.55. The molecule has 0 aliphatic carbocycles. The minimum Gasteiger partial charge on any atom is -0.472 e. The number of benzene rings is 1. The molecule has 0 N–H and O–H groups in total. The highest BCUT2D eigenvalue weighted by Gasteiger charge is 2.13. The summed E-state index contributed by atoms with van der Waals surface area (Å²) in [5.74, 6) is 0.911. The molecule has 0 atom stereocenters. The Kier molecular flexibility index (Phi) is 2.64. The molecular formula is C13H9ClN2O2. The summed E-state index contributed by atoms with van der Waals surface area (Å²) in [6, 6.07) is 7.29. The summed E-state index contributed by atoms with van der Waals surface area (Å²) in [5.41, 5.74) is 2.63. The quantitative estimate of drug-likeness (QED) is 0.700. The molecular weight excluding hydrogens is 252 g/mol. The van der Waals surface area contributed by atoms with Crippen molar-refractivity contribution < 1.29 is 8.83 Å². The van der Waals surface area contributed by atoms with E-state index in [4.69, 9.17) is 20.4 Å². The van der Waals surface area contributed by atoms with Crippen LogP contribution in [0.3, 0.4) is 0 Å². The Labute approximate surface area is 108 Å². The van der Waals surface area contributed by atoms with E-state index in [0.29, 0.717) is 16.8 Å². The average Bonchev–Trinajstić information content (AvgIpc) is 2.99. The Balaban J connectivity index is 2.03. The van der Waals surface area contributed by atoms with E-state index in [1.165, 1.54) is 0 Å². The summed E-state index contributed by atoms with van der Waals surface area (Å²) in [6.07, 6.45) is 3.12. The first kappa shape index (κ1) is 11.0. The highest BCUT2D eigenvalue weighted by Crippen LogP contribution is 2.27. The van der Waals surface area contributed by atoms with Gasteiger partial charge in [-0.15, -0.1) is 10.2 Å². The van der Waals surface area contributed by atoms with Gasteiger partial charge in [-0.05, 0) is 36.8 Å². The van der Waals surface area contributed by atoms with Crippen molar-refractivity contribution in [2.45, 2.75) is 6.92 Å². The maximum Gasteiger partial charge on any atom is 0.251 e. The van der Waals surface area contributed by atoms with E-state index in [1.807, 2.05) is 19.1 Å². The molecule has 0 aliphatic rings. The van der Waals surface area contributed by atoms with Crippen LogP contribution in [0.25, 0.3) is 22.9 Å². The van der Waals surface area contributed by atoms with Crippen molar-refractivity contribution in [3.05, 3.63) is 47.4 Å². The van der Waals surface area contributed by atoms with Crippen molar-refractivity contribution in [3.8, 4) is 22.9 Å². The number of aromatic nitrogens is 2. The third-order valence-electron chi connectivity index (χ3n) is 2.61. The standard InChI is InChI=1S/C13H9ClN2O2/c1-8-6-10(14)2-3-11(8)13-16-15-12(18-13)9-4-5-17-7-9/h2-7H,1H3. The van der Waals surface area contributed by atoms with Crippen LogP contribution in [-0.4, -0.2) is 10.2 Å². The lowest BCUT2D eigenvalue weighted by molar-refractivity contribution is 0.560. The molecule has 90 valence electrons. The van der Waals surface area contributed by atoms with Gasteiger partial charge in [0, 0.05) is 10.6 Å². The van der Waals surface area contributed by atoms with Crippen molar-refractivity contribution in [1.29, 1.82) is 0 Å². The zero-order valence-corrected chi connectivity index (χ0v) is 10.3. The van der Waals surface area contributed by atoms with E-state index < -0.39 is 0 Å². The molecule has 1 aromatic carbocycles. The van der Waals surface area contributed by atoms with Crippen molar-refractivity contribution >= 4 is 11.6 Å². The molecule has 3 aromatic rings. The number of furan rings is 1. The summed E-state index contributed by atoms with van der Waals surface area (Å²) >= 11 is 5.91. The van der Waals surface area contributed by atoms with E-state index in [-0.39, 0.29) is 0 Å². The Morgan fingerprint density at radius 2 is 1.94 bits per heavy atom. The number of hydrogen-bond acceptors (Lipinski definition) is 4. The first-order valence-electron chi connectivity index (χ1n) is 5.36. The molecule has 0 spiro atoms. The second kappa shape index (κ2) is 4.31. The Morgan fingerprint density at radius 3 is 2.67 bits per heavy atom. The smallest absolute Gasteiger partial charge is 0.251 e. The maximum atomic E-state index is 5.91.